The number of amides is 2. The summed E-state index contributed by atoms with van der Waals surface area (Å²) in [5, 5.41) is 6.77. The molecular formula is C29H36ClN7O3S. The van der Waals surface area contributed by atoms with Gasteiger partial charge in [0.15, 0.2) is 0 Å². The van der Waals surface area contributed by atoms with Crippen LogP contribution in [0.3, 0.4) is 0 Å². The first-order chi connectivity index (χ1) is 19.3. The normalized spacial score (nSPS) is 19.0. The Morgan fingerprint density at radius 3 is 2.51 bits per heavy atom. The molecule has 2 amide bonds. The Balaban J connectivity index is 1.65. The summed E-state index contributed by atoms with van der Waals surface area (Å²) in [6.07, 6.45) is 8.56. The van der Waals surface area contributed by atoms with Gasteiger partial charge in [0, 0.05) is 50.0 Å². The highest BCUT2D eigenvalue weighted by atomic mass is 35.5. The number of halogens is 1. The Bertz CT molecular complexity index is 1590. The zero-order valence-electron chi connectivity index (χ0n) is 23.9. The fourth-order valence-corrected chi connectivity index (χ4v) is 6.55. The van der Waals surface area contributed by atoms with Gasteiger partial charge >= 0.3 is 6.03 Å². The highest BCUT2D eigenvalue weighted by Gasteiger charge is 2.36. The maximum absolute atomic E-state index is 13.3. The third kappa shape index (κ3) is 6.33. The fourth-order valence-electron chi connectivity index (χ4n) is 5.56. The number of imidazole rings is 1. The Morgan fingerprint density at radius 1 is 1.15 bits per heavy atom. The van der Waals surface area contributed by atoms with E-state index in [4.69, 9.17) is 16.6 Å². The lowest BCUT2D eigenvalue weighted by molar-refractivity contribution is 0.154. The van der Waals surface area contributed by atoms with Gasteiger partial charge in [-0.25, -0.2) is 18.2 Å². The summed E-state index contributed by atoms with van der Waals surface area (Å²) in [7, 11) is -1.38. The quantitative estimate of drug-likeness (QED) is 0.462. The van der Waals surface area contributed by atoms with E-state index in [-0.39, 0.29) is 12.1 Å². The molecule has 0 bridgehead atoms. The summed E-state index contributed by atoms with van der Waals surface area (Å²) >= 11 is 6.62. The first-order valence-corrected chi connectivity index (χ1v) is 15.7. The van der Waals surface area contributed by atoms with E-state index >= 15 is 0 Å². The number of hydrogen-bond acceptors (Lipinski definition) is 6. The molecule has 12 heteroatoms. The molecule has 1 fully saturated rings. The zero-order chi connectivity index (χ0) is 29.5. The van der Waals surface area contributed by atoms with Crippen LogP contribution in [0.4, 0.5) is 4.79 Å². The van der Waals surface area contributed by atoms with Crippen LogP contribution >= 0.6 is 11.6 Å². The highest BCUT2D eigenvalue weighted by Crippen LogP contribution is 2.44. The molecule has 3 heterocycles. The van der Waals surface area contributed by atoms with Crippen LogP contribution in [0.2, 0.25) is 5.02 Å². The van der Waals surface area contributed by atoms with E-state index in [2.05, 4.69) is 26.6 Å². The fraction of sp³-hybridized carbons (Fsp3) is 0.414. The number of piperazine rings is 1. The minimum atomic E-state index is -3.28. The van der Waals surface area contributed by atoms with E-state index < -0.39 is 21.6 Å². The highest BCUT2D eigenvalue weighted by molar-refractivity contribution is 7.88. The molecule has 1 aliphatic heterocycles. The largest absolute Gasteiger partial charge is 0.336 e. The van der Waals surface area contributed by atoms with Crippen LogP contribution in [-0.4, -0.2) is 76.2 Å². The van der Waals surface area contributed by atoms with Crippen molar-refractivity contribution < 1.29 is 13.2 Å². The maximum Gasteiger partial charge on any atom is 0.315 e. The van der Waals surface area contributed by atoms with Crippen molar-refractivity contribution in [1.82, 2.24) is 34.4 Å². The standard InChI is InChI=1S/C29H36ClN7O3S/c1-29(2,3)34-28(38)33-26(24-17-31-18-35(24)4)23-15-19-7-6-10-32-25(19)27(21-9-8-20(30)16-22(21)23)36-11-13-37(14-12-36)41(5,39)40/h6-10,15-18,26-27H,11-14H2,1-5H3,(H2,33,34,38). The Labute approximate surface area is 246 Å². The smallest absolute Gasteiger partial charge is 0.315 e. The van der Waals surface area contributed by atoms with Crippen molar-refractivity contribution >= 4 is 39.3 Å². The first-order valence-electron chi connectivity index (χ1n) is 13.5. The molecule has 2 unspecified atom stereocenters. The van der Waals surface area contributed by atoms with E-state index in [1.807, 2.05) is 62.7 Å². The lowest BCUT2D eigenvalue weighted by Crippen LogP contribution is -2.49. The van der Waals surface area contributed by atoms with E-state index in [0.29, 0.717) is 31.2 Å². The lowest BCUT2D eigenvalue weighted by atomic mass is 9.90. The first kappa shape index (κ1) is 29.2. The summed E-state index contributed by atoms with van der Waals surface area (Å²) < 4.78 is 27.8. The molecule has 2 N–H and O–H groups in total. The second-order valence-corrected chi connectivity index (χ2v) is 14.0. The van der Waals surface area contributed by atoms with Gasteiger partial charge in [-0.2, -0.15) is 4.31 Å². The molecule has 10 nitrogen and oxygen atoms in total. The summed E-state index contributed by atoms with van der Waals surface area (Å²) in [5.41, 5.74) is 4.86. The van der Waals surface area contributed by atoms with Crippen molar-refractivity contribution in [3.63, 3.8) is 0 Å². The van der Waals surface area contributed by atoms with Crippen molar-refractivity contribution in [3.8, 4) is 0 Å². The second kappa shape index (κ2) is 11.2. The summed E-state index contributed by atoms with van der Waals surface area (Å²) in [6.45, 7) is 7.68. The summed E-state index contributed by atoms with van der Waals surface area (Å²) in [4.78, 5) is 24.7. The Morgan fingerprint density at radius 2 is 1.88 bits per heavy atom. The van der Waals surface area contributed by atoms with Gasteiger partial charge in [0.25, 0.3) is 0 Å². The van der Waals surface area contributed by atoms with Crippen LogP contribution in [0, 0.1) is 0 Å². The molecule has 2 atom stereocenters. The number of carbonyl (C=O) groups is 1. The lowest BCUT2D eigenvalue weighted by Gasteiger charge is -2.39. The van der Waals surface area contributed by atoms with Gasteiger partial charge < -0.3 is 15.2 Å². The molecule has 0 saturated carbocycles. The molecule has 2 aromatic heterocycles. The summed E-state index contributed by atoms with van der Waals surface area (Å²) in [5.74, 6) is 0. The number of fused-ring (bicyclic) bond motifs is 2. The van der Waals surface area contributed by atoms with Crippen LogP contribution in [0.5, 0.6) is 0 Å². The van der Waals surface area contributed by atoms with Crippen LogP contribution in [0.1, 0.15) is 60.9 Å². The summed E-state index contributed by atoms with van der Waals surface area (Å²) in [6, 6.07) is 8.61. The number of nitrogens with one attached hydrogen (secondary N) is 2. The predicted molar refractivity (Wildman–Crippen MR) is 161 cm³/mol. The monoisotopic (exact) mass is 597 g/mol. The Hall–Kier alpha value is -3.25. The third-order valence-electron chi connectivity index (χ3n) is 7.39. The number of benzene rings is 1. The molecule has 218 valence electrons. The third-order valence-corrected chi connectivity index (χ3v) is 8.93. The molecule has 0 radical (unpaired) electrons. The van der Waals surface area contributed by atoms with Crippen molar-refractivity contribution in [1.29, 1.82) is 0 Å². The van der Waals surface area contributed by atoms with E-state index in [1.165, 1.54) is 10.6 Å². The van der Waals surface area contributed by atoms with Crippen LogP contribution < -0.4 is 10.6 Å². The topological polar surface area (TPSA) is 112 Å². The number of pyridine rings is 1. The number of sulfonamides is 1. The van der Waals surface area contributed by atoms with Gasteiger partial charge in [-0.15, -0.1) is 0 Å². The minimum absolute atomic E-state index is 0.246. The van der Waals surface area contributed by atoms with Crippen LogP contribution in [0.25, 0.3) is 11.6 Å². The zero-order valence-corrected chi connectivity index (χ0v) is 25.5. The van der Waals surface area contributed by atoms with Crippen LogP contribution in [0.15, 0.2) is 49.1 Å². The molecule has 1 saturated heterocycles. The molecule has 1 aromatic carbocycles. The molecule has 1 aliphatic carbocycles. The molecule has 2 aliphatic rings. The molecule has 0 spiro atoms. The van der Waals surface area contributed by atoms with Gasteiger partial charge in [0.05, 0.1) is 42.3 Å². The second-order valence-electron chi connectivity index (χ2n) is 11.6. The van der Waals surface area contributed by atoms with Crippen molar-refractivity contribution in [2.45, 2.75) is 38.4 Å². The number of nitrogens with zero attached hydrogens (tertiary/aromatic N) is 5. The van der Waals surface area contributed by atoms with Gasteiger partial charge in [-0.3, -0.25) is 9.88 Å². The molecule has 3 aromatic rings. The SMILES string of the molecule is Cn1cncc1C(NC(=O)NC(C)(C)C)C1=Cc2cccnc2C(N2CCN(S(C)(=O)=O)CC2)c2ccc(Cl)cc21. The predicted octanol–water partition coefficient (Wildman–Crippen LogP) is 3.83. The van der Waals surface area contributed by atoms with Gasteiger partial charge in [0.2, 0.25) is 10.0 Å². The minimum Gasteiger partial charge on any atom is -0.336 e. The van der Waals surface area contributed by atoms with Gasteiger partial charge in [-0.05, 0) is 67.3 Å². The Kier molecular flexibility index (Phi) is 7.99. The molecular weight excluding hydrogens is 562 g/mol. The van der Waals surface area contributed by atoms with Gasteiger partial charge in [-0.1, -0.05) is 23.7 Å². The molecule has 5 rings (SSSR count). The van der Waals surface area contributed by atoms with Crippen molar-refractivity contribution in [2.24, 2.45) is 7.05 Å². The number of carbonyl (C=O) groups excluding carboxylic acids is 1. The van der Waals surface area contributed by atoms with Crippen LogP contribution in [-0.2, 0) is 17.1 Å². The van der Waals surface area contributed by atoms with E-state index in [0.717, 1.165) is 33.7 Å². The van der Waals surface area contributed by atoms with Gasteiger partial charge in [0.1, 0.15) is 0 Å². The van der Waals surface area contributed by atoms with Crippen molar-refractivity contribution in [3.05, 3.63) is 82.2 Å². The van der Waals surface area contributed by atoms with Crippen molar-refractivity contribution in [2.75, 3.05) is 32.4 Å². The number of hydrogen-bond donors (Lipinski definition) is 2. The average molecular weight is 598 g/mol. The molecule has 41 heavy (non-hydrogen) atoms. The maximum atomic E-state index is 13.3. The number of aryl methyl sites for hydroxylation is 1. The van der Waals surface area contributed by atoms with E-state index in [1.54, 1.807) is 18.7 Å². The number of aromatic nitrogens is 3. The number of rotatable bonds is 5. The average Bonchev–Trinajstić information content (AvgIpc) is 3.26. The number of urea groups is 1. The van der Waals surface area contributed by atoms with E-state index in [9.17, 15) is 13.2 Å².